The van der Waals surface area contributed by atoms with Gasteiger partial charge in [0.2, 0.25) is 0 Å². The summed E-state index contributed by atoms with van der Waals surface area (Å²) in [5.74, 6) is -5.98. The summed E-state index contributed by atoms with van der Waals surface area (Å²) < 4.78 is 76.3. The van der Waals surface area contributed by atoms with E-state index in [1.54, 1.807) is 0 Å². The first kappa shape index (κ1) is 14.7. The topological polar surface area (TPSA) is 0 Å². The second kappa shape index (κ2) is 4.40. The van der Waals surface area contributed by atoms with Gasteiger partial charge in [-0.3, -0.25) is 0 Å². The quantitative estimate of drug-likeness (QED) is 0.313. The first-order chi connectivity index (χ1) is 4.19. The van der Waals surface area contributed by atoms with E-state index >= 15 is 0 Å². The molecule has 0 fully saturated rings. The predicted octanol–water partition coefficient (Wildman–Crippen LogP) is -0.384. The Morgan fingerprint density at radius 1 is 0.818 bits per heavy atom. The molecular weight excluding hydrogens is 208 g/mol. The second-order valence-corrected chi connectivity index (χ2v) is 1.33. The van der Waals surface area contributed by atoms with E-state index in [0.29, 0.717) is 0 Å². The minimum Gasteiger partial charge on any atom is -0.415 e. The summed E-state index contributed by atoms with van der Waals surface area (Å²) in [6, 6.07) is 0. The summed E-state index contributed by atoms with van der Waals surface area (Å²) in [6.07, 6.45) is -10.1. The van der Waals surface area contributed by atoms with Gasteiger partial charge in [0.1, 0.15) is 0 Å². The molecule has 0 nitrogen and oxygen atoms in total. The molecule has 8 heteroatoms. The van der Waals surface area contributed by atoms with E-state index in [2.05, 4.69) is 0 Å². The summed E-state index contributed by atoms with van der Waals surface area (Å²) in [5.41, 5.74) is 0. The van der Waals surface area contributed by atoms with Crippen molar-refractivity contribution < 1.29 is 82.1 Å². The van der Waals surface area contributed by atoms with E-state index in [1.807, 2.05) is 0 Å². The maximum atomic E-state index is 11.1. The van der Waals surface area contributed by atoms with Crippen LogP contribution in [0.1, 0.15) is 0 Å². The molecule has 0 spiro atoms. The molecule has 11 heavy (non-hydrogen) atoms. The van der Waals surface area contributed by atoms with Crippen LogP contribution in [0, 0.1) is 6.43 Å². The molecule has 0 aliphatic rings. The van der Waals surface area contributed by atoms with Crippen molar-refractivity contribution in [2.45, 2.75) is 12.1 Å². The summed E-state index contributed by atoms with van der Waals surface area (Å²) in [5, 5.41) is 0. The normalized spacial score (nSPS) is 13.1. The summed E-state index contributed by atoms with van der Waals surface area (Å²) in [6.45, 7) is 0. The third kappa shape index (κ3) is 3.58. The van der Waals surface area contributed by atoms with Gasteiger partial charge in [-0.2, -0.15) is 13.2 Å². The summed E-state index contributed by atoms with van der Waals surface area (Å²) in [7, 11) is 0. The van der Waals surface area contributed by atoms with E-state index in [0.717, 1.165) is 0 Å². The van der Waals surface area contributed by atoms with Gasteiger partial charge in [-0.1, -0.05) is 0 Å². The Kier molecular flexibility index (Phi) is 5.87. The minimum absolute atomic E-state index is 0. The second-order valence-electron chi connectivity index (χ2n) is 1.33. The van der Waals surface area contributed by atoms with Gasteiger partial charge in [-0.25, -0.2) is 8.78 Å². The molecule has 0 unspecified atom stereocenters. The molecule has 0 bridgehead atoms. The molecule has 62 valence electrons. The summed E-state index contributed by atoms with van der Waals surface area (Å²) >= 11 is 0. The Morgan fingerprint density at radius 3 is 1.09 bits per heavy atom. The third-order valence-corrected chi connectivity index (χ3v) is 0.593. The zero-order valence-electron chi connectivity index (χ0n) is 5.15. The van der Waals surface area contributed by atoms with Crippen LogP contribution >= 0.6 is 0 Å². The van der Waals surface area contributed by atoms with Crippen LogP contribution in [-0.2, 0) is 0 Å². The average molecular weight is 208 g/mol. The Hall–Kier alpha value is 1.15. The van der Waals surface area contributed by atoms with Crippen molar-refractivity contribution in [3.63, 3.8) is 0 Å². The molecule has 0 saturated heterocycles. The molecule has 0 aliphatic carbocycles. The molecule has 0 radical (unpaired) electrons. The largest absolute Gasteiger partial charge is 1.00 e. The van der Waals surface area contributed by atoms with Crippen molar-refractivity contribution in [1.29, 1.82) is 0 Å². The van der Waals surface area contributed by atoms with E-state index in [9.17, 15) is 30.7 Å². The Balaban J connectivity index is 0. The Labute approximate surface area is 99.6 Å². The number of halogens is 7. The molecule has 0 rings (SSSR count). The maximum Gasteiger partial charge on any atom is 1.00 e. The molecule has 0 amide bonds. The first-order valence-corrected chi connectivity index (χ1v) is 1.82. The molecule has 0 atom stereocenters. The van der Waals surface area contributed by atoms with Gasteiger partial charge in [0, 0.05) is 0 Å². The van der Waals surface area contributed by atoms with Crippen LogP contribution in [0.25, 0.3) is 0 Å². The Morgan fingerprint density at radius 2 is 1.09 bits per heavy atom. The fourth-order valence-corrected chi connectivity index (χ4v) is 0.107. The van der Waals surface area contributed by atoms with Crippen LogP contribution in [0.4, 0.5) is 30.7 Å². The molecule has 0 aliphatic heterocycles. The van der Waals surface area contributed by atoms with E-state index in [-0.39, 0.29) is 51.4 Å². The monoisotopic (exact) mass is 208 g/mol. The standard InChI is InChI=1S/C3F7.K/c4-1(5)2(6,7)3(8,9)10;/q-1;+1. The van der Waals surface area contributed by atoms with Crippen LogP contribution in [-0.4, -0.2) is 12.1 Å². The van der Waals surface area contributed by atoms with Crippen molar-refractivity contribution in [2.75, 3.05) is 0 Å². The van der Waals surface area contributed by atoms with E-state index < -0.39 is 18.5 Å². The third-order valence-electron chi connectivity index (χ3n) is 0.593. The van der Waals surface area contributed by atoms with Crippen molar-refractivity contribution in [1.82, 2.24) is 0 Å². The minimum atomic E-state index is -6.20. The van der Waals surface area contributed by atoms with E-state index in [1.165, 1.54) is 0 Å². The molecule has 0 heterocycles. The maximum absolute atomic E-state index is 11.1. The smallest absolute Gasteiger partial charge is 0.415 e. The molecule has 0 aromatic rings. The number of rotatable bonds is 1. The van der Waals surface area contributed by atoms with Gasteiger partial charge in [-0.15, -0.1) is 0 Å². The average Bonchev–Trinajstić information content (AvgIpc) is 1.62. The number of alkyl halides is 5. The van der Waals surface area contributed by atoms with Crippen molar-refractivity contribution in [3.8, 4) is 0 Å². The molecule has 0 aromatic carbocycles. The predicted molar refractivity (Wildman–Crippen MR) is 16.5 cm³/mol. The molecular formula is C3F7K. The summed E-state index contributed by atoms with van der Waals surface area (Å²) in [4.78, 5) is 0. The van der Waals surface area contributed by atoms with Gasteiger partial charge in [0.05, 0.1) is 6.43 Å². The first-order valence-electron chi connectivity index (χ1n) is 1.82. The zero-order valence-corrected chi connectivity index (χ0v) is 8.27. The number of hydrogen-bond donors (Lipinski definition) is 0. The van der Waals surface area contributed by atoms with E-state index in [4.69, 9.17) is 0 Å². The van der Waals surface area contributed by atoms with Crippen molar-refractivity contribution in [3.05, 3.63) is 6.43 Å². The zero-order chi connectivity index (χ0) is 8.58. The van der Waals surface area contributed by atoms with Crippen LogP contribution in [0.5, 0.6) is 0 Å². The van der Waals surface area contributed by atoms with Gasteiger partial charge in [0.25, 0.3) is 5.92 Å². The van der Waals surface area contributed by atoms with Crippen LogP contribution < -0.4 is 51.4 Å². The number of hydrogen-bond acceptors (Lipinski definition) is 0. The Bertz CT molecular complexity index is 115. The fourth-order valence-electron chi connectivity index (χ4n) is 0.107. The van der Waals surface area contributed by atoms with Gasteiger partial charge in [-0.05, 0) is 0 Å². The SMILES string of the molecule is F[C-](F)C(F)(F)C(F)(F)F.[K+]. The van der Waals surface area contributed by atoms with Crippen LogP contribution in [0.2, 0.25) is 0 Å². The van der Waals surface area contributed by atoms with Gasteiger partial charge < -0.3 is 8.78 Å². The van der Waals surface area contributed by atoms with Crippen LogP contribution in [0.3, 0.4) is 0 Å². The molecule has 0 N–H and O–H groups in total. The molecule has 0 aromatic heterocycles. The molecule has 0 saturated carbocycles. The van der Waals surface area contributed by atoms with Crippen molar-refractivity contribution in [2.24, 2.45) is 0 Å². The van der Waals surface area contributed by atoms with Gasteiger partial charge in [0.15, 0.2) is 0 Å². The fraction of sp³-hybridized carbons (Fsp3) is 0.667. The van der Waals surface area contributed by atoms with Crippen LogP contribution in [0.15, 0.2) is 0 Å². The van der Waals surface area contributed by atoms with Crippen molar-refractivity contribution >= 4 is 0 Å². The van der Waals surface area contributed by atoms with Gasteiger partial charge >= 0.3 is 57.6 Å².